The molecule has 2 aromatic heterocycles. The highest BCUT2D eigenvalue weighted by Crippen LogP contribution is 2.24. The number of pyridine rings is 1. The van der Waals surface area contributed by atoms with E-state index in [1.807, 2.05) is 16.7 Å². The molecule has 1 atom stereocenters. The summed E-state index contributed by atoms with van der Waals surface area (Å²) in [6, 6.07) is 8.38. The third-order valence-corrected chi connectivity index (χ3v) is 4.16. The molecular formula is C19H20FN3O. The van der Waals surface area contributed by atoms with Crippen molar-refractivity contribution in [2.45, 2.75) is 32.4 Å². The molecule has 0 bridgehead atoms. The van der Waals surface area contributed by atoms with Crippen molar-refractivity contribution >= 4 is 0 Å². The monoisotopic (exact) mass is 325 g/mol. The summed E-state index contributed by atoms with van der Waals surface area (Å²) in [5.74, 6) is -0.275. The van der Waals surface area contributed by atoms with E-state index in [0.29, 0.717) is 13.0 Å². The quantitative estimate of drug-likeness (QED) is 0.750. The fourth-order valence-electron chi connectivity index (χ4n) is 2.86. The number of hydrogen-bond donors (Lipinski definition) is 1. The average Bonchev–Trinajstić information content (AvgIpc) is 3.08. The van der Waals surface area contributed by atoms with Crippen molar-refractivity contribution in [1.29, 1.82) is 0 Å². The molecular weight excluding hydrogens is 305 g/mol. The van der Waals surface area contributed by atoms with Crippen LogP contribution in [0.5, 0.6) is 0 Å². The lowest BCUT2D eigenvalue weighted by molar-refractivity contribution is 0.160. The molecule has 0 aliphatic heterocycles. The van der Waals surface area contributed by atoms with E-state index >= 15 is 0 Å². The van der Waals surface area contributed by atoms with E-state index in [4.69, 9.17) is 0 Å². The molecule has 0 saturated carbocycles. The van der Waals surface area contributed by atoms with Crippen LogP contribution in [0.2, 0.25) is 0 Å². The first kappa shape index (κ1) is 16.3. The van der Waals surface area contributed by atoms with E-state index in [1.165, 1.54) is 12.1 Å². The lowest BCUT2D eigenvalue weighted by Gasteiger charge is -2.15. The van der Waals surface area contributed by atoms with Gasteiger partial charge in [0.05, 0.1) is 24.3 Å². The number of imidazole rings is 1. The van der Waals surface area contributed by atoms with Gasteiger partial charge in [0, 0.05) is 30.1 Å². The molecule has 2 heterocycles. The van der Waals surface area contributed by atoms with Crippen molar-refractivity contribution in [3.8, 4) is 11.3 Å². The SMILES string of the molecule is CCc1ccncc1C(O)CCn1cncc1-c1cccc(F)c1. The van der Waals surface area contributed by atoms with Crippen LogP contribution in [0, 0.1) is 5.82 Å². The molecule has 0 fully saturated rings. The standard InChI is InChI=1S/C19H20FN3O/c1-2-14-6-8-21-11-17(14)19(24)7-9-23-13-22-12-18(23)15-4-3-5-16(20)10-15/h3-6,8,10-13,19,24H,2,7,9H2,1H3. The van der Waals surface area contributed by atoms with Gasteiger partial charge in [0.15, 0.2) is 0 Å². The molecule has 124 valence electrons. The summed E-state index contributed by atoms with van der Waals surface area (Å²) in [6.45, 7) is 2.65. The van der Waals surface area contributed by atoms with E-state index in [9.17, 15) is 9.50 Å². The van der Waals surface area contributed by atoms with Crippen LogP contribution in [0.15, 0.2) is 55.2 Å². The minimum absolute atomic E-state index is 0.275. The largest absolute Gasteiger partial charge is 0.388 e. The van der Waals surface area contributed by atoms with Crippen molar-refractivity contribution in [2.24, 2.45) is 0 Å². The van der Waals surface area contributed by atoms with Gasteiger partial charge in [-0.2, -0.15) is 0 Å². The topological polar surface area (TPSA) is 50.9 Å². The number of hydrogen-bond acceptors (Lipinski definition) is 3. The number of halogens is 1. The first-order valence-electron chi connectivity index (χ1n) is 8.06. The van der Waals surface area contributed by atoms with Crippen LogP contribution >= 0.6 is 0 Å². The molecule has 4 nitrogen and oxygen atoms in total. The number of nitrogens with zero attached hydrogens (tertiary/aromatic N) is 3. The second-order valence-corrected chi connectivity index (χ2v) is 5.72. The second kappa shape index (κ2) is 7.36. The number of aliphatic hydroxyl groups excluding tert-OH is 1. The summed E-state index contributed by atoms with van der Waals surface area (Å²) in [5, 5.41) is 10.5. The van der Waals surface area contributed by atoms with Crippen molar-refractivity contribution in [1.82, 2.24) is 14.5 Å². The Hall–Kier alpha value is -2.53. The normalized spacial score (nSPS) is 12.3. The minimum Gasteiger partial charge on any atom is -0.388 e. The summed E-state index contributed by atoms with van der Waals surface area (Å²) < 4.78 is 15.4. The van der Waals surface area contributed by atoms with E-state index in [2.05, 4.69) is 16.9 Å². The summed E-state index contributed by atoms with van der Waals surface area (Å²) in [7, 11) is 0. The summed E-state index contributed by atoms with van der Waals surface area (Å²) >= 11 is 0. The Morgan fingerprint density at radius 2 is 2.08 bits per heavy atom. The summed E-state index contributed by atoms with van der Waals surface area (Å²) in [5.41, 5.74) is 3.59. The van der Waals surface area contributed by atoms with Crippen molar-refractivity contribution in [3.63, 3.8) is 0 Å². The van der Waals surface area contributed by atoms with E-state index < -0.39 is 6.10 Å². The molecule has 0 aliphatic rings. The second-order valence-electron chi connectivity index (χ2n) is 5.72. The maximum atomic E-state index is 13.4. The molecule has 0 spiro atoms. The molecule has 0 saturated heterocycles. The third kappa shape index (κ3) is 3.51. The van der Waals surface area contributed by atoms with Gasteiger partial charge in [-0.1, -0.05) is 19.1 Å². The highest BCUT2D eigenvalue weighted by Gasteiger charge is 2.13. The van der Waals surface area contributed by atoms with Gasteiger partial charge in [-0.05, 0) is 36.6 Å². The molecule has 1 N–H and O–H groups in total. The molecule has 0 aliphatic carbocycles. The highest BCUT2D eigenvalue weighted by molar-refractivity contribution is 5.58. The van der Waals surface area contributed by atoms with Crippen LogP contribution in [-0.4, -0.2) is 19.6 Å². The molecule has 1 aromatic carbocycles. The van der Waals surface area contributed by atoms with Gasteiger partial charge in [-0.25, -0.2) is 9.37 Å². The fourth-order valence-corrected chi connectivity index (χ4v) is 2.86. The van der Waals surface area contributed by atoms with Crippen molar-refractivity contribution in [2.75, 3.05) is 0 Å². The summed E-state index contributed by atoms with van der Waals surface area (Å²) in [4.78, 5) is 8.27. The number of rotatable bonds is 6. The van der Waals surface area contributed by atoms with Gasteiger partial charge in [-0.3, -0.25) is 4.98 Å². The minimum atomic E-state index is -0.587. The van der Waals surface area contributed by atoms with Crippen molar-refractivity contribution in [3.05, 3.63) is 72.2 Å². The third-order valence-electron chi connectivity index (χ3n) is 4.16. The Balaban J connectivity index is 1.75. The van der Waals surface area contributed by atoms with Crippen LogP contribution in [0.1, 0.15) is 30.6 Å². The van der Waals surface area contributed by atoms with E-state index in [-0.39, 0.29) is 5.82 Å². The molecule has 0 radical (unpaired) electrons. The Labute approximate surface area is 140 Å². The molecule has 5 heteroatoms. The van der Waals surface area contributed by atoms with Gasteiger partial charge in [-0.15, -0.1) is 0 Å². The van der Waals surface area contributed by atoms with Crippen LogP contribution in [0.4, 0.5) is 4.39 Å². The smallest absolute Gasteiger partial charge is 0.123 e. The average molecular weight is 325 g/mol. The van der Waals surface area contributed by atoms with Gasteiger partial charge in [0.2, 0.25) is 0 Å². The van der Waals surface area contributed by atoms with Gasteiger partial charge < -0.3 is 9.67 Å². The zero-order valence-corrected chi connectivity index (χ0v) is 13.6. The Bertz CT molecular complexity index is 816. The number of benzene rings is 1. The van der Waals surface area contributed by atoms with Crippen LogP contribution in [-0.2, 0) is 13.0 Å². The molecule has 3 aromatic rings. The Morgan fingerprint density at radius 1 is 1.21 bits per heavy atom. The van der Waals surface area contributed by atoms with Crippen LogP contribution in [0.3, 0.4) is 0 Å². The van der Waals surface area contributed by atoms with Crippen LogP contribution < -0.4 is 0 Å². The molecule has 1 unspecified atom stereocenters. The molecule has 24 heavy (non-hydrogen) atoms. The molecule has 3 rings (SSSR count). The first-order valence-corrected chi connectivity index (χ1v) is 8.06. The van der Waals surface area contributed by atoms with Crippen molar-refractivity contribution < 1.29 is 9.50 Å². The van der Waals surface area contributed by atoms with E-state index in [1.54, 1.807) is 31.0 Å². The predicted molar refractivity (Wildman–Crippen MR) is 90.8 cm³/mol. The van der Waals surface area contributed by atoms with Gasteiger partial charge in [0.1, 0.15) is 5.82 Å². The maximum absolute atomic E-state index is 13.4. The van der Waals surface area contributed by atoms with E-state index in [0.717, 1.165) is 28.8 Å². The number of aromatic nitrogens is 3. The zero-order valence-electron chi connectivity index (χ0n) is 13.6. The zero-order chi connectivity index (χ0) is 16.9. The Morgan fingerprint density at radius 3 is 2.88 bits per heavy atom. The molecule has 0 amide bonds. The Kier molecular flexibility index (Phi) is 5.01. The number of aryl methyl sites for hydroxylation is 2. The lowest BCUT2D eigenvalue weighted by Crippen LogP contribution is -2.07. The van der Waals surface area contributed by atoms with Gasteiger partial charge in [0.25, 0.3) is 0 Å². The fraction of sp³-hybridized carbons (Fsp3) is 0.263. The number of aliphatic hydroxyl groups is 1. The predicted octanol–water partition coefficient (Wildman–Crippen LogP) is 3.77. The lowest BCUT2D eigenvalue weighted by atomic mass is 10.0. The van der Waals surface area contributed by atoms with Gasteiger partial charge >= 0.3 is 0 Å². The maximum Gasteiger partial charge on any atom is 0.123 e. The summed E-state index contributed by atoms with van der Waals surface area (Å²) in [6.07, 6.45) is 7.69. The first-order chi connectivity index (χ1) is 11.7. The van der Waals surface area contributed by atoms with Crippen LogP contribution in [0.25, 0.3) is 11.3 Å². The highest BCUT2D eigenvalue weighted by atomic mass is 19.1.